The monoisotopic (exact) mass is 355 g/mol. The van der Waals surface area contributed by atoms with Crippen LogP contribution in [-0.4, -0.2) is 33.8 Å². The second-order valence-corrected chi connectivity index (χ2v) is 7.45. The highest BCUT2D eigenvalue weighted by molar-refractivity contribution is 5.89. The van der Waals surface area contributed by atoms with Gasteiger partial charge in [0.1, 0.15) is 0 Å². The summed E-state index contributed by atoms with van der Waals surface area (Å²) in [6.45, 7) is 6.31. The Bertz CT molecular complexity index is 719. The quantitative estimate of drug-likeness (QED) is 0.835. The third-order valence-corrected chi connectivity index (χ3v) is 5.17. The van der Waals surface area contributed by atoms with Crippen LogP contribution in [-0.2, 0) is 11.8 Å². The van der Waals surface area contributed by atoms with Crippen molar-refractivity contribution < 1.29 is 4.79 Å². The molecular weight excluding hydrogens is 326 g/mol. The number of nitrogens with one attached hydrogen (secondary N) is 2. The second-order valence-electron chi connectivity index (χ2n) is 7.45. The number of amides is 1. The van der Waals surface area contributed by atoms with Gasteiger partial charge in [-0.25, -0.2) is 4.68 Å². The van der Waals surface area contributed by atoms with Gasteiger partial charge >= 0.3 is 0 Å². The molecule has 0 saturated carbocycles. The Balaban J connectivity index is 1.66. The summed E-state index contributed by atoms with van der Waals surface area (Å²) in [6.07, 6.45) is 2.53. The van der Waals surface area contributed by atoms with E-state index in [1.165, 1.54) is 5.56 Å². The molecule has 1 aromatic heterocycles. The summed E-state index contributed by atoms with van der Waals surface area (Å²) in [5, 5.41) is 10.8. The third-order valence-electron chi connectivity index (χ3n) is 5.17. The van der Waals surface area contributed by atoms with Gasteiger partial charge in [0.15, 0.2) is 5.82 Å². The van der Waals surface area contributed by atoms with Gasteiger partial charge in [-0.15, -0.1) is 0 Å². The lowest BCUT2D eigenvalue weighted by molar-refractivity contribution is -0.116. The minimum absolute atomic E-state index is 0.0140. The number of aryl methyl sites for hydroxylation is 1. The fraction of sp³-hybridized carbons (Fsp3) is 0.550. The lowest BCUT2D eigenvalue weighted by Crippen LogP contribution is -2.27. The van der Waals surface area contributed by atoms with Gasteiger partial charge in [-0.3, -0.25) is 10.1 Å². The number of benzene rings is 1. The first-order valence-corrected chi connectivity index (χ1v) is 9.51. The van der Waals surface area contributed by atoms with Crippen molar-refractivity contribution in [1.29, 1.82) is 0 Å². The van der Waals surface area contributed by atoms with Gasteiger partial charge in [-0.05, 0) is 43.3 Å². The summed E-state index contributed by atoms with van der Waals surface area (Å²) in [6, 6.07) is 10.2. The Morgan fingerprint density at radius 2 is 1.96 bits per heavy atom. The zero-order chi connectivity index (χ0) is 18.5. The maximum atomic E-state index is 12.6. The number of hydrogen-bond donors (Lipinski definition) is 2. The Morgan fingerprint density at radius 3 is 2.62 bits per heavy atom. The van der Waals surface area contributed by atoms with E-state index in [-0.39, 0.29) is 11.8 Å². The van der Waals surface area contributed by atoms with Crippen LogP contribution >= 0.6 is 0 Å². The number of carbonyl (C=O) groups excluding carboxylic acids is 1. The molecule has 6 nitrogen and oxygen atoms in total. The topological polar surface area (TPSA) is 71.8 Å². The van der Waals surface area contributed by atoms with E-state index < -0.39 is 0 Å². The Labute approximate surface area is 155 Å². The van der Waals surface area contributed by atoms with Crippen LogP contribution in [0.4, 0.5) is 5.95 Å². The Hall–Kier alpha value is -2.21. The highest BCUT2D eigenvalue weighted by Crippen LogP contribution is 2.28. The fourth-order valence-electron chi connectivity index (χ4n) is 3.58. The first-order valence-electron chi connectivity index (χ1n) is 9.51. The first kappa shape index (κ1) is 18.6. The molecule has 1 aliphatic heterocycles. The molecular formula is C20H29N5O. The molecule has 0 radical (unpaired) electrons. The summed E-state index contributed by atoms with van der Waals surface area (Å²) < 4.78 is 1.68. The molecule has 1 fully saturated rings. The van der Waals surface area contributed by atoms with Crippen molar-refractivity contribution in [2.75, 3.05) is 18.4 Å². The van der Waals surface area contributed by atoms with E-state index in [0.717, 1.165) is 31.8 Å². The van der Waals surface area contributed by atoms with Crippen molar-refractivity contribution in [1.82, 2.24) is 20.1 Å². The van der Waals surface area contributed by atoms with Crippen molar-refractivity contribution in [2.24, 2.45) is 13.0 Å². The lowest BCUT2D eigenvalue weighted by atomic mass is 9.85. The van der Waals surface area contributed by atoms with Crippen molar-refractivity contribution >= 4 is 11.9 Å². The first-order chi connectivity index (χ1) is 12.5. The molecule has 2 N–H and O–H groups in total. The summed E-state index contributed by atoms with van der Waals surface area (Å²) in [5.74, 6) is 2.31. The fourth-order valence-corrected chi connectivity index (χ4v) is 3.58. The van der Waals surface area contributed by atoms with E-state index in [2.05, 4.69) is 46.7 Å². The predicted molar refractivity (Wildman–Crippen MR) is 103 cm³/mol. The maximum Gasteiger partial charge on any atom is 0.227 e. The van der Waals surface area contributed by atoms with E-state index in [1.807, 2.05) is 25.2 Å². The molecule has 1 unspecified atom stereocenters. The third kappa shape index (κ3) is 4.49. The average molecular weight is 355 g/mol. The van der Waals surface area contributed by atoms with Gasteiger partial charge in [-0.1, -0.05) is 44.2 Å². The van der Waals surface area contributed by atoms with Crippen LogP contribution < -0.4 is 10.6 Å². The summed E-state index contributed by atoms with van der Waals surface area (Å²) in [5.41, 5.74) is 1.20. The van der Waals surface area contributed by atoms with Crippen LogP contribution in [0.3, 0.4) is 0 Å². The molecule has 1 aliphatic rings. The van der Waals surface area contributed by atoms with Gasteiger partial charge in [-0.2, -0.15) is 10.1 Å². The molecule has 1 amide bonds. The van der Waals surface area contributed by atoms with Crippen molar-refractivity contribution in [3.05, 3.63) is 41.7 Å². The standard InChI is InChI=1S/C20H29N5O/c1-14(2)17(15-7-5-4-6-8-15)13-18(26)22-20-23-19(24-25(20)3)16-9-11-21-12-10-16/h4-8,14,16-17,21H,9-13H2,1-3H3,(H,22,23,24,26). The van der Waals surface area contributed by atoms with Crippen LogP contribution in [0.1, 0.15) is 56.3 Å². The Kier molecular flexibility index (Phi) is 6.04. The molecule has 1 saturated heterocycles. The molecule has 140 valence electrons. The number of anilines is 1. The van der Waals surface area contributed by atoms with E-state index in [0.29, 0.717) is 24.2 Å². The largest absolute Gasteiger partial charge is 0.317 e. The van der Waals surface area contributed by atoms with Crippen LogP contribution in [0.5, 0.6) is 0 Å². The van der Waals surface area contributed by atoms with Crippen molar-refractivity contribution in [2.45, 2.75) is 44.9 Å². The molecule has 2 aromatic rings. The van der Waals surface area contributed by atoms with Crippen LogP contribution in [0.15, 0.2) is 30.3 Å². The second kappa shape index (κ2) is 8.45. The molecule has 3 rings (SSSR count). The summed E-state index contributed by atoms with van der Waals surface area (Å²) in [4.78, 5) is 17.2. The zero-order valence-corrected chi connectivity index (χ0v) is 15.9. The van der Waals surface area contributed by atoms with Crippen LogP contribution in [0, 0.1) is 5.92 Å². The zero-order valence-electron chi connectivity index (χ0n) is 15.9. The number of hydrogen-bond acceptors (Lipinski definition) is 4. The van der Waals surface area contributed by atoms with Gasteiger partial charge in [0, 0.05) is 19.4 Å². The van der Waals surface area contributed by atoms with Gasteiger partial charge in [0.05, 0.1) is 0 Å². The van der Waals surface area contributed by atoms with E-state index in [1.54, 1.807) is 4.68 Å². The number of piperidine rings is 1. The highest BCUT2D eigenvalue weighted by atomic mass is 16.1. The van der Waals surface area contributed by atoms with Crippen LogP contribution in [0.2, 0.25) is 0 Å². The van der Waals surface area contributed by atoms with Crippen molar-refractivity contribution in [3.63, 3.8) is 0 Å². The molecule has 6 heteroatoms. The minimum atomic E-state index is -0.0140. The smallest absolute Gasteiger partial charge is 0.227 e. The number of nitrogens with zero attached hydrogens (tertiary/aromatic N) is 3. The van der Waals surface area contributed by atoms with E-state index in [4.69, 9.17) is 0 Å². The molecule has 1 aromatic carbocycles. The van der Waals surface area contributed by atoms with Crippen LogP contribution in [0.25, 0.3) is 0 Å². The lowest BCUT2D eigenvalue weighted by Gasteiger charge is -2.20. The van der Waals surface area contributed by atoms with Crippen molar-refractivity contribution in [3.8, 4) is 0 Å². The normalized spacial score (nSPS) is 16.6. The van der Waals surface area contributed by atoms with E-state index in [9.17, 15) is 4.79 Å². The van der Waals surface area contributed by atoms with E-state index >= 15 is 0 Å². The molecule has 0 aliphatic carbocycles. The minimum Gasteiger partial charge on any atom is -0.317 e. The summed E-state index contributed by atoms with van der Waals surface area (Å²) in [7, 11) is 1.84. The summed E-state index contributed by atoms with van der Waals surface area (Å²) >= 11 is 0. The molecule has 26 heavy (non-hydrogen) atoms. The average Bonchev–Trinajstić information content (AvgIpc) is 3.01. The predicted octanol–water partition coefficient (Wildman–Crippen LogP) is 3.05. The SMILES string of the molecule is CC(C)C(CC(=O)Nc1nc(C2CCNCC2)nn1C)c1ccccc1. The molecule has 1 atom stereocenters. The molecule has 2 heterocycles. The molecule has 0 bridgehead atoms. The Morgan fingerprint density at radius 1 is 1.27 bits per heavy atom. The van der Waals surface area contributed by atoms with Gasteiger partial charge < -0.3 is 5.32 Å². The number of aromatic nitrogens is 3. The number of rotatable bonds is 6. The molecule has 0 spiro atoms. The van der Waals surface area contributed by atoms with Gasteiger partial charge in [0.2, 0.25) is 11.9 Å². The highest BCUT2D eigenvalue weighted by Gasteiger charge is 2.23. The van der Waals surface area contributed by atoms with Gasteiger partial charge in [0.25, 0.3) is 0 Å². The number of carbonyl (C=O) groups is 1. The maximum absolute atomic E-state index is 12.6.